The molecule has 4 aromatic rings. The first-order valence-electron chi connectivity index (χ1n) is 11.2. The minimum Gasteiger partial charge on any atom is -0.217 e. The average Bonchev–Trinajstić information content (AvgIpc) is 2.86. The molecule has 1 heterocycles. The lowest BCUT2D eigenvalue weighted by Crippen LogP contribution is -2.06. The molecule has 3 aromatic carbocycles. The van der Waals surface area contributed by atoms with E-state index in [2.05, 4.69) is 72.9 Å². The Morgan fingerprint density at radius 2 is 0.667 bits per heavy atom. The Hall–Kier alpha value is -4.11. The summed E-state index contributed by atoms with van der Waals surface area (Å²) >= 11 is 0. The second kappa shape index (κ2) is 12.1. The Kier molecular flexibility index (Phi) is 8.08. The van der Waals surface area contributed by atoms with Crippen molar-refractivity contribution < 1.29 is 0 Å². The monoisotopic (exact) mass is 429 g/mol. The summed E-state index contributed by atoms with van der Waals surface area (Å²) in [6.45, 7) is 0. The highest BCUT2D eigenvalue weighted by atomic mass is 15.0. The van der Waals surface area contributed by atoms with Gasteiger partial charge in [0.25, 0.3) is 0 Å². The summed E-state index contributed by atoms with van der Waals surface area (Å²) < 4.78 is 0. The van der Waals surface area contributed by atoms with E-state index in [9.17, 15) is 0 Å². The van der Waals surface area contributed by atoms with Crippen LogP contribution in [0.1, 0.15) is 34.2 Å². The van der Waals surface area contributed by atoms with Gasteiger partial charge in [-0.1, -0.05) is 127 Å². The third-order valence-electron chi connectivity index (χ3n) is 5.01. The van der Waals surface area contributed by atoms with Crippen LogP contribution in [0.15, 0.2) is 109 Å². The van der Waals surface area contributed by atoms with Crippen molar-refractivity contribution in [3.8, 4) is 0 Å². The molecule has 0 fully saturated rings. The molecular formula is C30H27N3. The highest BCUT2D eigenvalue weighted by Gasteiger charge is 2.04. The number of allylic oxidation sites excluding steroid dienone is 3. The van der Waals surface area contributed by atoms with E-state index < -0.39 is 0 Å². The van der Waals surface area contributed by atoms with Crippen molar-refractivity contribution >= 4 is 18.2 Å². The van der Waals surface area contributed by atoms with E-state index in [1.807, 2.05) is 54.6 Å². The van der Waals surface area contributed by atoms with Crippen molar-refractivity contribution in [1.82, 2.24) is 15.0 Å². The molecule has 0 spiro atoms. The predicted octanol–water partition coefficient (Wildman–Crippen LogP) is 6.64. The standard InChI is InChI=1S/C30H27N3/c1-4-13-25(14-5-1)19-10-22-28-31-29(23-11-20-26-15-6-2-7-16-26)33-30(32-28)24-12-21-27-17-8-3-9-18-27/h1-21H,22-24H2/b19-10+,20-11+,21-12+. The summed E-state index contributed by atoms with van der Waals surface area (Å²) in [4.78, 5) is 14.1. The highest BCUT2D eigenvalue weighted by Crippen LogP contribution is 2.08. The van der Waals surface area contributed by atoms with Gasteiger partial charge >= 0.3 is 0 Å². The molecule has 0 atom stereocenters. The van der Waals surface area contributed by atoms with Crippen molar-refractivity contribution in [3.05, 3.63) is 143 Å². The van der Waals surface area contributed by atoms with Crippen LogP contribution in [0.25, 0.3) is 18.2 Å². The van der Waals surface area contributed by atoms with Gasteiger partial charge in [-0.25, -0.2) is 15.0 Å². The van der Waals surface area contributed by atoms with Gasteiger partial charge in [0, 0.05) is 19.3 Å². The van der Waals surface area contributed by atoms with E-state index in [4.69, 9.17) is 15.0 Å². The molecule has 0 aliphatic carbocycles. The Labute approximate surface area is 195 Å². The first kappa shape index (κ1) is 22.1. The van der Waals surface area contributed by atoms with Crippen LogP contribution in [-0.4, -0.2) is 15.0 Å². The van der Waals surface area contributed by atoms with Gasteiger partial charge in [0.05, 0.1) is 0 Å². The van der Waals surface area contributed by atoms with Gasteiger partial charge in [-0.05, 0) is 16.7 Å². The lowest BCUT2D eigenvalue weighted by atomic mass is 10.2. The summed E-state index contributed by atoms with van der Waals surface area (Å²) in [6, 6.07) is 30.8. The molecule has 0 radical (unpaired) electrons. The normalized spacial score (nSPS) is 11.6. The maximum atomic E-state index is 4.71. The van der Waals surface area contributed by atoms with Crippen molar-refractivity contribution in [2.75, 3.05) is 0 Å². The molecule has 33 heavy (non-hydrogen) atoms. The van der Waals surface area contributed by atoms with Gasteiger partial charge in [0.1, 0.15) is 17.5 Å². The summed E-state index contributed by atoms with van der Waals surface area (Å²) in [5.41, 5.74) is 3.51. The summed E-state index contributed by atoms with van der Waals surface area (Å²) in [5.74, 6) is 2.38. The van der Waals surface area contributed by atoms with Crippen LogP contribution in [0.5, 0.6) is 0 Å². The Bertz CT molecular complexity index is 1040. The van der Waals surface area contributed by atoms with E-state index in [1.54, 1.807) is 0 Å². The summed E-state index contributed by atoms with van der Waals surface area (Å²) in [5, 5.41) is 0. The average molecular weight is 430 g/mol. The molecule has 0 saturated carbocycles. The van der Waals surface area contributed by atoms with Gasteiger partial charge in [-0.15, -0.1) is 0 Å². The molecular weight excluding hydrogens is 402 g/mol. The van der Waals surface area contributed by atoms with Crippen molar-refractivity contribution in [3.63, 3.8) is 0 Å². The smallest absolute Gasteiger partial charge is 0.136 e. The molecule has 4 rings (SSSR count). The van der Waals surface area contributed by atoms with E-state index in [1.165, 1.54) is 16.7 Å². The predicted molar refractivity (Wildman–Crippen MR) is 137 cm³/mol. The number of hydrogen-bond donors (Lipinski definition) is 0. The molecule has 0 unspecified atom stereocenters. The van der Waals surface area contributed by atoms with Crippen LogP contribution >= 0.6 is 0 Å². The van der Waals surface area contributed by atoms with Crippen molar-refractivity contribution in [1.29, 1.82) is 0 Å². The molecule has 0 aliphatic heterocycles. The minimum atomic E-state index is 0.669. The summed E-state index contributed by atoms with van der Waals surface area (Å²) in [7, 11) is 0. The van der Waals surface area contributed by atoms with Crippen LogP contribution < -0.4 is 0 Å². The lowest BCUT2D eigenvalue weighted by molar-refractivity contribution is 0.813. The molecule has 162 valence electrons. The molecule has 0 N–H and O–H groups in total. The third-order valence-corrected chi connectivity index (χ3v) is 5.01. The zero-order valence-electron chi connectivity index (χ0n) is 18.6. The third kappa shape index (κ3) is 7.51. The number of benzene rings is 3. The second-order valence-electron chi connectivity index (χ2n) is 7.64. The largest absolute Gasteiger partial charge is 0.217 e. The minimum absolute atomic E-state index is 0.669. The summed E-state index contributed by atoms with van der Waals surface area (Å²) in [6.07, 6.45) is 14.6. The zero-order chi connectivity index (χ0) is 22.6. The fraction of sp³-hybridized carbons (Fsp3) is 0.100. The van der Waals surface area contributed by atoms with Gasteiger partial charge in [0.2, 0.25) is 0 Å². The van der Waals surface area contributed by atoms with E-state index >= 15 is 0 Å². The lowest BCUT2D eigenvalue weighted by Gasteiger charge is -2.04. The molecule has 0 aliphatic rings. The number of aromatic nitrogens is 3. The fourth-order valence-electron chi connectivity index (χ4n) is 3.39. The quantitative estimate of drug-likeness (QED) is 0.299. The first-order chi connectivity index (χ1) is 16.3. The van der Waals surface area contributed by atoms with E-state index in [0.29, 0.717) is 19.3 Å². The number of hydrogen-bond acceptors (Lipinski definition) is 3. The van der Waals surface area contributed by atoms with Crippen molar-refractivity contribution in [2.24, 2.45) is 0 Å². The molecule has 0 saturated heterocycles. The number of nitrogens with zero attached hydrogens (tertiary/aromatic N) is 3. The van der Waals surface area contributed by atoms with Gasteiger partial charge in [0.15, 0.2) is 0 Å². The molecule has 3 nitrogen and oxygen atoms in total. The topological polar surface area (TPSA) is 38.7 Å². The Balaban J connectivity index is 1.49. The van der Waals surface area contributed by atoms with Gasteiger partial charge in [-0.3, -0.25) is 0 Å². The SMILES string of the molecule is C(=C\c1ccccc1)/Cc1nc(C/C=C/c2ccccc2)nc(C/C=C/c2ccccc2)n1. The molecule has 3 heteroatoms. The number of rotatable bonds is 9. The van der Waals surface area contributed by atoms with Gasteiger partial charge < -0.3 is 0 Å². The first-order valence-corrected chi connectivity index (χ1v) is 11.2. The fourth-order valence-corrected chi connectivity index (χ4v) is 3.39. The van der Waals surface area contributed by atoms with Crippen LogP contribution in [0.4, 0.5) is 0 Å². The Morgan fingerprint density at radius 3 is 0.939 bits per heavy atom. The van der Waals surface area contributed by atoms with Crippen LogP contribution in [0.3, 0.4) is 0 Å². The zero-order valence-corrected chi connectivity index (χ0v) is 18.6. The maximum Gasteiger partial charge on any atom is 0.136 e. The second-order valence-corrected chi connectivity index (χ2v) is 7.64. The van der Waals surface area contributed by atoms with E-state index in [0.717, 1.165) is 17.5 Å². The molecule has 0 amide bonds. The molecule has 0 bridgehead atoms. The van der Waals surface area contributed by atoms with Crippen molar-refractivity contribution in [2.45, 2.75) is 19.3 Å². The van der Waals surface area contributed by atoms with E-state index in [-0.39, 0.29) is 0 Å². The van der Waals surface area contributed by atoms with Crippen LogP contribution in [-0.2, 0) is 19.3 Å². The van der Waals surface area contributed by atoms with Gasteiger partial charge in [-0.2, -0.15) is 0 Å². The highest BCUT2D eigenvalue weighted by molar-refractivity contribution is 5.50. The van der Waals surface area contributed by atoms with Crippen LogP contribution in [0.2, 0.25) is 0 Å². The van der Waals surface area contributed by atoms with Crippen LogP contribution in [0, 0.1) is 0 Å². The maximum absolute atomic E-state index is 4.71. The Morgan fingerprint density at radius 1 is 0.394 bits per heavy atom. The molecule has 1 aromatic heterocycles.